The maximum absolute atomic E-state index is 12.6. The van der Waals surface area contributed by atoms with Crippen LogP contribution < -0.4 is 0 Å². The molecule has 0 aliphatic heterocycles. The lowest BCUT2D eigenvalue weighted by Gasteiger charge is -2.57. The molecule has 0 radical (unpaired) electrons. The van der Waals surface area contributed by atoms with E-state index in [0.717, 1.165) is 69.6 Å². The summed E-state index contributed by atoms with van der Waals surface area (Å²) in [6.45, 7) is 5.04. The number of carbonyl (C=O) groups excluding carboxylic acids is 2. The molecule has 2 fully saturated rings. The predicted molar refractivity (Wildman–Crippen MR) is 158 cm³/mol. The quantitative estimate of drug-likeness (QED) is 0.159. The fourth-order valence-corrected chi connectivity index (χ4v) is 8.86. The number of esters is 2. The minimum absolute atomic E-state index is 0.0259. The monoisotopic (exact) mass is 547 g/mol. The van der Waals surface area contributed by atoms with E-state index in [-0.39, 0.29) is 28.9 Å². The summed E-state index contributed by atoms with van der Waals surface area (Å²) in [7, 11) is 1.44. The molecule has 0 bridgehead atoms. The lowest BCUT2D eigenvalue weighted by molar-refractivity contribution is -0.151. The molecule has 0 spiro atoms. The van der Waals surface area contributed by atoms with Gasteiger partial charge >= 0.3 is 11.9 Å². The lowest BCUT2D eigenvalue weighted by atomic mass is 9.47. The molecule has 0 amide bonds. The number of pyridine rings is 1. The van der Waals surface area contributed by atoms with E-state index in [9.17, 15) is 9.59 Å². The normalized spacial score (nSPS) is 32.7. The Bertz CT molecular complexity index is 1110. The van der Waals surface area contributed by atoms with Gasteiger partial charge in [0.2, 0.25) is 0 Å². The van der Waals surface area contributed by atoms with E-state index in [4.69, 9.17) is 4.74 Å². The third-order valence-electron chi connectivity index (χ3n) is 11.1. The number of allylic oxidation sites excluding steroid dienone is 3. The molecule has 4 aliphatic rings. The number of aromatic nitrogens is 1. The van der Waals surface area contributed by atoms with Crippen molar-refractivity contribution in [1.29, 1.82) is 0 Å². The second-order valence-electron chi connectivity index (χ2n) is 13.4. The molecular weight excluding hydrogens is 498 g/mol. The van der Waals surface area contributed by atoms with E-state index in [1.165, 1.54) is 43.9 Å². The van der Waals surface area contributed by atoms with Crippen molar-refractivity contribution >= 4 is 17.5 Å². The van der Waals surface area contributed by atoms with Crippen LogP contribution in [0.2, 0.25) is 0 Å². The highest BCUT2D eigenvalue weighted by Crippen LogP contribution is 2.66. The molecule has 2 saturated carbocycles. The van der Waals surface area contributed by atoms with Gasteiger partial charge in [-0.3, -0.25) is 14.6 Å². The van der Waals surface area contributed by atoms with Crippen LogP contribution in [0.15, 0.2) is 42.3 Å². The molecule has 3 unspecified atom stereocenters. The van der Waals surface area contributed by atoms with Gasteiger partial charge in [0, 0.05) is 31.7 Å². The fraction of sp³-hybridized carbons (Fsp3) is 0.686. The van der Waals surface area contributed by atoms with Crippen molar-refractivity contribution in [3.05, 3.63) is 47.8 Å². The molecule has 40 heavy (non-hydrogen) atoms. The highest BCUT2D eigenvalue weighted by molar-refractivity contribution is 5.72. The molecule has 4 aliphatic carbocycles. The number of fused-ring (bicyclic) bond motifs is 5. The molecule has 0 N–H and O–H groups in total. The van der Waals surface area contributed by atoms with Crippen LogP contribution >= 0.6 is 0 Å². The predicted octanol–water partition coefficient (Wildman–Crippen LogP) is 8.24. The van der Waals surface area contributed by atoms with Crippen LogP contribution in [-0.4, -0.2) is 30.1 Å². The smallest absolute Gasteiger partial charge is 0.306 e. The first-order chi connectivity index (χ1) is 19.3. The zero-order valence-corrected chi connectivity index (χ0v) is 25.0. The van der Waals surface area contributed by atoms with Crippen LogP contribution in [0.4, 0.5) is 0 Å². The van der Waals surface area contributed by atoms with Gasteiger partial charge in [0.15, 0.2) is 0 Å². The Morgan fingerprint density at radius 3 is 2.35 bits per heavy atom. The highest BCUT2D eigenvalue weighted by atomic mass is 16.5. The summed E-state index contributed by atoms with van der Waals surface area (Å²) in [4.78, 5) is 28.2. The van der Waals surface area contributed by atoms with Crippen molar-refractivity contribution in [2.75, 3.05) is 7.11 Å². The van der Waals surface area contributed by atoms with E-state index >= 15 is 0 Å². The van der Waals surface area contributed by atoms with Crippen LogP contribution in [0.25, 0.3) is 5.57 Å². The Hall–Kier alpha value is -2.43. The molecule has 1 aromatic rings. The van der Waals surface area contributed by atoms with Gasteiger partial charge in [-0.25, -0.2) is 0 Å². The Labute approximate surface area is 241 Å². The number of rotatable bonds is 11. The number of ether oxygens (including phenoxy) is 2. The molecule has 5 heteroatoms. The maximum atomic E-state index is 12.6. The number of carbonyl (C=O) groups is 2. The standard InChI is InChI=1S/C35H49NO4/c1-34-20-18-27(40-33(38)13-9-7-5-4-6-8-12-32(37)39-3)23-26(34)14-15-28-30-17-16-29(25-11-10-22-36-24-25)35(30,2)21-19-31(28)34/h10-11,14,16,22,24,27-28,30-31H,4-9,12-13,15,17-21,23H2,1-3H3/t27-,28?,30?,31?,34-,35+/m0/s1. The van der Waals surface area contributed by atoms with E-state index < -0.39 is 0 Å². The van der Waals surface area contributed by atoms with Crippen molar-refractivity contribution in [3.8, 4) is 0 Å². The summed E-state index contributed by atoms with van der Waals surface area (Å²) in [5.41, 5.74) is 4.90. The van der Waals surface area contributed by atoms with Gasteiger partial charge in [0.25, 0.3) is 0 Å². The number of unbranched alkanes of at least 4 members (excludes halogenated alkanes) is 5. The third-order valence-corrected chi connectivity index (χ3v) is 11.1. The first-order valence-electron chi connectivity index (χ1n) is 15.9. The molecule has 0 aromatic carbocycles. The van der Waals surface area contributed by atoms with Gasteiger partial charge in [0.1, 0.15) is 6.10 Å². The molecule has 1 heterocycles. The van der Waals surface area contributed by atoms with Crippen LogP contribution in [0, 0.1) is 28.6 Å². The first kappa shape index (κ1) is 29.1. The van der Waals surface area contributed by atoms with Crippen LogP contribution in [0.1, 0.15) is 116 Å². The second-order valence-corrected chi connectivity index (χ2v) is 13.4. The van der Waals surface area contributed by atoms with Crippen molar-refractivity contribution in [2.24, 2.45) is 28.6 Å². The van der Waals surface area contributed by atoms with Crippen molar-refractivity contribution in [2.45, 2.75) is 116 Å². The number of hydrogen-bond donors (Lipinski definition) is 0. The molecular formula is C35H49NO4. The average molecular weight is 548 g/mol. The largest absolute Gasteiger partial charge is 0.469 e. The van der Waals surface area contributed by atoms with Crippen molar-refractivity contribution in [3.63, 3.8) is 0 Å². The summed E-state index contributed by atoms with van der Waals surface area (Å²) in [5.74, 6) is 2.02. The van der Waals surface area contributed by atoms with E-state index in [1.807, 2.05) is 12.4 Å². The Morgan fingerprint density at radius 1 is 0.900 bits per heavy atom. The van der Waals surface area contributed by atoms with Crippen molar-refractivity contribution in [1.82, 2.24) is 4.98 Å². The van der Waals surface area contributed by atoms with Crippen LogP contribution in [-0.2, 0) is 19.1 Å². The SMILES string of the molecule is COC(=O)CCCCCCCCC(=O)O[C@H]1CC[C@@]2(C)C(=CCC3C2CC[C@]2(C)C(c4cccnc4)=CCC32)C1. The Balaban J connectivity index is 1.09. The molecule has 1 aromatic heterocycles. The van der Waals surface area contributed by atoms with E-state index in [2.05, 4.69) is 47.9 Å². The zero-order chi connectivity index (χ0) is 28.2. The summed E-state index contributed by atoms with van der Waals surface area (Å²) >= 11 is 0. The minimum atomic E-state index is -0.127. The second kappa shape index (κ2) is 12.6. The highest BCUT2D eigenvalue weighted by Gasteiger charge is 2.57. The Kier molecular flexibility index (Phi) is 9.17. The molecule has 0 saturated heterocycles. The van der Waals surface area contributed by atoms with Gasteiger partial charge in [-0.1, -0.05) is 63.3 Å². The number of nitrogens with zero attached hydrogens (tertiary/aromatic N) is 1. The zero-order valence-electron chi connectivity index (χ0n) is 25.0. The van der Waals surface area contributed by atoms with E-state index in [1.54, 1.807) is 5.57 Å². The fourth-order valence-electron chi connectivity index (χ4n) is 8.86. The van der Waals surface area contributed by atoms with Crippen molar-refractivity contribution < 1.29 is 19.1 Å². The Morgan fingerprint density at radius 2 is 1.62 bits per heavy atom. The van der Waals surface area contributed by atoms with Gasteiger partial charge in [0.05, 0.1) is 7.11 Å². The minimum Gasteiger partial charge on any atom is -0.469 e. The topological polar surface area (TPSA) is 65.5 Å². The van der Waals surface area contributed by atoms with Gasteiger partial charge in [-0.15, -0.1) is 0 Å². The van der Waals surface area contributed by atoms with E-state index in [0.29, 0.717) is 18.8 Å². The lowest BCUT2D eigenvalue weighted by Crippen LogP contribution is -2.50. The van der Waals surface area contributed by atoms with Gasteiger partial charge < -0.3 is 9.47 Å². The molecule has 218 valence electrons. The maximum Gasteiger partial charge on any atom is 0.306 e. The van der Waals surface area contributed by atoms with Crippen LogP contribution in [0.3, 0.4) is 0 Å². The number of methoxy groups -OCH3 is 1. The average Bonchev–Trinajstić information content (AvgIpc) is 3.32. The first-order valence-corrected chi connectivity index (χ1v) is 15.9. The number of hydrogen-bond acceptors (Lipinski definition) is 5. The molecule has 5 rings (SSSR count). The summed E-state index contributed by atoms with van der Waals surface area (Å²) in [6, 6.07) is 4.30. The summed E-state index contributed by atoms with van der Waals surface area (Å²) in [5, 5.41) is 0. The summed E-state index contributed by atoms with van der Waals surface area (Å²) < 4.78 is 10.7. The van der Waals surface area contributed by atoms with Gasteiger partial charge in [-0.05, 0) is 97.2 Å². The molecule has 6 atom stereocenters. The molecule has 5 nitrogen and oxygen atoms in total. The van der Waals surface area contributed by atoms with Gasteiger partial charge in [-0.2, -0.15) is 0 Å². The summed E-state index contributed by atoms with van der Waals surface area (Å²) in [6.07, 6.45) is 24.1. The third kappa shape index (κ3) is 5.94. The van der Waals surface area contributed by atoms with Crippen LogP contribution in [0.5, 0.6) is 0 Å².